The van der Waals surface area contributed by atoms with Gasteiger partial charge in [0.2, 0.25) is 0 Å². The van der Waals surface area contributed by atoms with Crippen molar-refractivity contribution in [1.82, 2.24) is 9.88 Å². The molecule has 0 N–H and O–H groups in total. The van der Waals surface area contributed by atoms with Crippen LogP contribution in [0.25, 0.3) is 0 Å². The maximum absolute atomic E-state index is 12.1. The second-order valence-corrected chi connectivity index (χ2v) is 7.42. The molecule has 0 aromatic carbocycles. The lowest BCUT2D eigenvalue weighted by Crippen LogP contribution is -2.42. The molecular weight excluding hydrogens is 300 g/mol. The van der Waals surface area contributed by atoms with Gasteiger partial charge in [0.15, 0.2) is 0 Å². The lowest BCUT2D eigenvalue weighted by atomic mass is 9.90. The van der Waals surface area contributed by atoms with Crippen LogP contribution in [0.5, 0.6) is 0 Å². The van der Waals surface area contributed by atoms with E-state index >= 15 is 0 Å². The molecule has 0 amide bonds. The van der Waals surface area contributed by atoms with E-state index in [0.29, 0.717) is 12.6 Å². The second-order valence-electron chi connectivity index (χ2n) is 6.53. The Kier molecular flexibility index (Phi) is 4.52. The molecule has 2 saturated heterocycles. The third-order valence-electron chi connectivity index (χ3n) is 4.61. The van der Waals surface area contributed by atoms with Crippen molar-refractivity contribution in [3.05, 3.63) is 16.1 Å². The minimum absolute atomic E-state index is 0.0334. The maximum atomic E-state index is 12.1. The summed E-state index contributed by atoms with van der Waals surface area (Å²) in [6.07, 6.45) is 2.54. The van der Waals surface area contributed by atoms with Gasteiger partial charge in [-0.15, -0.1) is 11.3 Å². The van der Waals surface area contributed by atoms with Crippen LogP contribution in [0.15, 0.2) is 5.38 Å². The van der Waals surface area contributed by atoms with Crippen LogP contribution in [0, 0.1) is 0 Å². The fourth-order valence-corrected chi connectivity index (χ4v) is 4.13. The van der Waals surface area contributed by atoms with Crippen LogP contribution in [-0.2, 0) is 19.7 Å². The summed E-state index contributed by atoms with van der Waals surface area (Å²) in [6, 6.07) is 0.589. The molecule has 2 aliphatic rings. The Morgan fingerprint density at radius 1 is 1.59 bits per heavy atom. The zero-order chi connectivity index (χ0) is 15.7. The summed E-state index contributed by atoms with van der Waals surface area (Å²) in [5.41, 5.74) is 0.0633. The van der Waals surface area contributed by atoms with E-state index in [2.05, 4.69) is 9.88 Å². The number of morpholine rings is 1. The van der Waals surface area contributed by atoms with Crippen LogP contribution in [0.1, 0.15) is 50.4 Å². The minimum atomic E-state index is -0.713. The fraction of sp³-hybridized carbons (Fsp3) is 0.750. The average Bonchev–Trinajstić information content (AvgIpc) is 3.16. The molecular formula is C16H24N2O3S. The first-order valence-corrected chi connectivity index (χ1v) is 8.89. The van der Waals surface area contributed by atoms with Crippen molar-refractivity contribution in [3.63, 3.8) is 0 Å². The average molecular weight is 324 g/mol. The number of esters is 1. The van der Waals surface area contributed by atoms with Gasteiger partial charge in [-0.05, 0) is 40.2 Å². The van der Waals surface area contributed by atoms with Crippen LogP contribution >= 0.6 is 11.3 Å². The molecule has 2 atom stereocenters. The van der Waals surface area contributed by atoms with Crippen LogP contribution in [0.2, 0.25) is 0 Å². The Bertz CT molecular complexity index is 543. The normalized spacial score (nSPS) is 26.0. The van der Waals surface area contributed by atoms with Gasteiger partial charge < -0.3 is 9.47 Å². The van der Waals surface area contributed by atoms with E-state index in [1.165, 1.54) is 12.8 Å². The van der Waals surface area contributed by atoms with E-state index in [-0.39, 0.29) is 12.1 Å². The lowest BCUT2D eigenvalue weighted by molar-refractivity contribution is -0.148. The van der Waals surface area contributed by atoms with Crippen molar-refractivity contribution in [2.24, 2.45) is 0 Å². The summed E-state index contributed by atoms with van der Waals surface area (Å²) >= 11 is 1.58. The molecule has 3 rings (SSSR count). The highest BCUT2D eigenvalue weighted by atomic mass is 32.1. The third kappa shape index (κ3) is 2.92. The Morgan fingerprint density at radius 3 is 3.18 bits per heavy atom. The van der Waals surface area contributed by atoms with Gasteiger partial charge in [0.25, 0.3) is 0 Å². The molecule has 3 heterocycles. The molecule has 5 nitrogen and oxygen atoms in total. The number of nitrogens with zero attached hydrogens (tertiary/aromatic N) is 2. The number of carbonyl (C=O) groups excluding carboxylic acids is 1. The van der Waals surface area contributed by atoms with Gasteiger partial charge in [-0.2, -0.15) is 0 Å². The smallest absolute Gasteiger partial charge is 0.317 e. The zero-order valence-electron chi connectivity index (χ0n) is 13.5. The number of thiazole rings is 1. The molecule has 0 saturated carbocycles. The Labute approximate surface area is 135 Å². The number of hydrogen-bond donors (Lipinski definition) is 0. The van der Waals surface area contributed by atoms with Crippen molar-refractivity contribution < 1.29 is 14.3 Å². The molecule has 122 valence electrons. The van der Waals surface area contributed by atoms with Gasteiger partial charge in [-0.3, -0.25) is 9.69 Å². The minimum Gasteiger partial charge on any atom is -0.465 e. The van der Waals surface area contributed by atoms with E-state index in [1.807, 2.05) is 26.2 Å². The first kappa shape index (κ1) is 15.9. The summed E-state index contributed by atoms with van der Waals surface area (Å²) in [5.74, 6) is -0.226. The van der Waals surface area contributed by atoms with Crippen molar-refractivity contribution in [1.29, 1.82) is 0 Å². The van der Waals surface area contributed by atoms with Gasteiger partial charge >= 0.3 is 5.97 Å². The molecule has 2 fully saturated rings. The Morgan fingerprint density at radius 2 is 2.41 bits per heavy atom. The van der Waals surface area contributed by atoms with Gasteiger partial charge in [0.05, 0.1) is 18.9 Å². The van der Waals surface area contributed by atoms with Gasteiger partial charge in [0, 0.05) is 18.0 Å². The molecule has 0 radical (unpaired) electrons. The first-order valence-electron chi connectivity index (χ1n) is 8.01. The highest BCUT2D eigenvalue weighted by molar-refractivity contribution is 7.09. The van der Waals surface area contributed by atoms with Crippen molar-refractivity contribution >= 4 is 17.3 Å². The van der Waals surface area contributed by atoms with E-state index < -0.39 is 5.41 Å². The van der Waals surface area contributed by atoms with Crippen molar-refractivity contribution in [2.45, 2.75) is 51.2 Å². The number of aromatic nitrogens is 1. The molecule has 1 aromatic heterocycles. The highest BCUT2D eigenvalue weighted by Gasteiger charge is 2.37. The third-order valence-corrected chi connectivity index (χ3v) is 5.55. The number of rotatable bonds is 4. The molecule has 1 aromatic rings. The molecule has 0 aliphatic carbocycles. The van der Waals surface area contributed by atoms with E-state index in [0.717, 1.165) is 30.4 Å². The number of ether oxygens (including phenoxy) is 2. The van der Waals surface area contributed by atoms with E-state index in [9.17, 15) is 4.79 Å². The molecule has 0 spiro atoms. The highest BCUT2D eigenvalue weighted by Crippen LogP contribution is 2.34. The topological polar surface area (TPSA) is 51.7 Å². The molecule has 0 unspecified atom stereocenters. The zero-order valence-corrected chi connectivity index (χ0v) is 14.3. The molecule has 6 heteroatoms. The van der Waals surface area contributed by atoms with E-state index in [1.54, 1.807) is 11.3 Å². The number of fused-ring (bicyclic) bond motifs is 1. The van der Waals surface area contributed by atoms with Crippen molar-refractivity contribution in [2.75, 3.05) is 26.3 Å². The summed E-state index contributed by atoms with van der Waals surface area (Å²) in [5, 5.41) is 2.93. The van der Waals surface area contributed by atoms with Crippen LogP contribution in [-0.4, -0.2) is 48.2 Å². The summed E-state index contributed by atoms with van der Waals surface area (Å²) in [6.45, 7) is 8.81. The quantitative estimate of drug-likeness (QED) is 0.797. The maximum Gasteiger partial charge on any atom is 0.317 e. The van der Waals surface area contributed by atoms with Crippen LogP contribution < -0.4 is 0 Å². The van der Waals surface area contributed by atoms with Crippen LogP contribution in [0.4, 0.5) is 0 Å². The SMILES string of the molecule is CCOC(=O)C(C)(C)c1csc([C@@H]2CN3CCC[C@H]3CO2)n1. The second kappa shape index (κ2) is 6.26. The Balaban J connectivity index is 1.72. The first-order chi connectivity index (χ1) is 10.5. The van der Waals surface area contributed by atoms with Gasteiger partial charge in [-0.1, -0.05) is 0 Å². The predicted molar refractivity (Wildman–Crippen MR) is 85.1 cm³/mol. The van der Waals surface area contributed by atoms with Gasteiger partial charge in [-0.25, -0.2) is 4.98 Å². The van der Waals surface area contributed by atoms with Crippen LogP contribution in [0.3, 0.4) is 0 Å². The summed E-state index contributed by atoms with van der Waals surface area (Å²) in [4.78, 5) is 19.3. The Hall–Kier alpha value is -0.980. The predicted octanol–water partition coefficient (Wildman–Crippen LogP) is 2.52. The molecule has 2 aliphatic heterocycles. The molecule has 22 heavy (non-hydrogen) atoms. The van der Waals surface area contributed by atoms with Crippen molar-refractivity contribution in [3.8, 4) is 0 Å². The summed E-state index contributed by atoms with van der Waals surface area (Å²) < 4.78 is 11.2. The summed E-state index contributed by atoms with van der Waals surface area (Å²) in [7, 11) is 0. The lowest BCUT2D eigenvalue weighted by Gasteiger charge is -2.34. The number of carbonyl (C=O) groups is 1. The fourth-order valence-electron chi connectivity index (χ4n) is 3.11. The van der Waals surface area contributed by atoms with E-state index in [4.69, 9.17) is 9.47 Å². The molecule has 0 bridgehead atoms. The standard InChI is InChI=1S/C16H24N2O3S/c1-4-20-15(19)16(2,3)13-10-22-14(17-13)12-8-18-7-5-6-11(18)9-21-12/h10-12H,4-9H2,1-3H3/t11-,12-/m0/s1. The monoisotopic (exact) mass is 324 g/mol. The largest absolute Gasteiger partial charge is 0.465 e. The number of hydrogen-bond acceptors (Lipinski definition) is 6. The van der Waals surface area contributed by atoms with Gasteiger partial charge in [0.1, 0.15) is 16.5 Å².